The van der Waals surface area contributed by atoms with Crippen LogP contribution in [0, 0.1) is 0 Å². The minimum Gasteiger partial charge on any atom is -0.323 e. The van der Waals surface area contributed by atoms with Gasteiger partial charge in [-0.25, -0.2) is 0 Å². The molecule has 2 N–H and O–H groups in total. The summed E-state index contributed by atoms with van der Waals surface area (Å²) in [6.45, 7) is 3.32. The minimum atomic E-state index is 1.42. The van der Waals surface area contributed by atoms with Crippen molar-refractivity contribution >= 4 is 6.21 Å². The quantitative estimate of drug-likeness (QED) is 0.265. The summed E-state index contributed by atoms with van der Waals surface area (Å²) in [5, 5.41) is 3.11. The molecule has 5 heavy (non-hydrogen) atoms. The third-order valence-electron chi connectivity index (χ3n) is 0.191. The maximum Gasteiger partial charge on any atom is 0.0459 e. The third kappa shape index (κ3) is 3.21. The van der Waals surface area contributed by atoms with Crippen molar-refractivity contribution in [2.24, 2.45) is 10.9 Å². The molecule has 0 aromatic carbocycles. The van der Waals surface area contributed by atoms with Crippen LogP contribution in [0.25, 0.3) is 0 Å². The van der Waals surface area contributed by atoms with Gasteiger partial charge in [-0.1, -0.05) is 6.58 Å². The molecule has 0 aliphatic heterocycles. The molecule has 0 atom stereocenters. The van der Waals surface area contributed by atoms with Crippen molar-refractivity contribution in [1.29, 1.82) is 0 Å². The Morgan fingerprint density at radius 1 is 1.80 bits per heavy atom. The highest BCUT2D eigenvalue weighted by Gasteiger charge is 1.42. The first kappa shape index (κ1) is 4.21. The second kappa shape index (κ2) is 3.21. The van der Waals surface area contributed by atoms with Crippen LogP contribution in [-0.2, 0) is 0 Å². The predicted molar refractivity (Wildman–Crippen MR) is 22.9 cm³/mol. The van der Waals surface area contributed by atoms with Crippen LogP contribution in [-0.4, -0.2) is 6.21 Å². The average molecular weight is 70.1 g/mol. The van der Waals surface area contributed by atoms with Gasteiger partial charge in [0.1, 0.15) is 0 Å². The van der Waals surface area contributed by atoms with Crippen LogP contribution in [0.2, 0.25) is 0 Å². The van der Waals surface area contributed by atoms with E-state index in [0.29, 0.717) is 0 Å². The van der Waals surface area contributed by atoms with Crippen LogP contribution >= 0.6 is 0 Å². The molecule has 0 unspecified atom stereocenters. The van der Waals surface area contributed by atoms with Crippen LogP contribution < -0.4 is 5.84 Å². The first-order valence-electron chi connectivity index (χ1n) is 1.26. The Bertz CT molecular complexity index is 46.9. The SMILES string of the molecule is C=CC=NN. The molecule has 0 aromatic heterocycles. The van der Waals surface area contributed by atoms with Gasteiger partial charge in [-0.2, -0.15) is 5.10 Å². The Hall–Kier alpha value is -0.790. The van der Waals surface area contributed by atoms with E-state index in [9.17, 15) is 0 Å². The van der Waals surface area contributed by atoms with Gasteiger partial charge in [0.2, 0.25) is 0 Å². The molecule has 0 aromatic rings. The Morgan fingerprint density at radius 2 is 2.40 bits per heavy atom. The topological polar surface area (TPSA) is 38.4 Å². The molecule has 0 fully saturated rings. The van der Waals surface area contributed by atoms with Crippen molar-refractivity contribution in [2.75, 3.05) is 0 Å². The molecule has 2 heteroatoms. The smallest absolute Gasteiger partial charge is 0.0459 e. The molecule has 0 amide bonds. The number of hydrazone groups is 1. The molecule has 0 spiro atoms. The van der Waals surface area contributed by atoms with Crippen LogP contribution in [0.4, 0.5) is 0 Å². The molecule has 28 valence electrons. The fraction of sp³-hybridized carbons (Fsp3) is 0. The van der Waals surface area contributed by atoms with Gasteiger partial charge in [0.25, 0.3) is 0 Å². The van der Waals surface area contributed by atoms with E-state index in [-0.39, 0.29) is 0 Å². The summed E-state index contributed by atoms with van der Waals surface area (Å²) in [4.78, 5) is 0. The summed E-state index contributed by atoms with van der Waals surface area (Å²) < 4.78 is 0. The second-order valence-corrected chi connectivity index (χ2v) is 0.534. The highest BCUT2D eigenvalue weighted by Crippen LogP contribution is 1.44. The Labute approximate surface area is 31.0 Å². The summed E-state index contributed by atoms with van der Waals surface area (Å²) in [5.41, 5.74) is 0. The van der Waals surface area contributed by atoms with Crippen LogP contribution in [0.3, 0.4) is 0 Å². The lowest BCUT2D eigenvalue weighted by Gasteiger charge is -1.59. The van der Waals surface area contributed by atoms with E-state index in [1.807, 2.05) is 0 Å². The largest absolute Gasteiger partial charge is 0.323 e. The van der Waals surface area contributed by atoms with E-state index >= 15 is 0 Å². The lowest BCUT2D eigenvalue weighted by atomic mass is 10.7. The third-order valence-corrected chi connectivity index (χ3v) is 0.191. The van der Waals surface area contributed by atoms with Crippen molar-refractivity contribution in [1.82, 2.24) is 0 Å². The first-order chi connectivity index (χ1) is 2.41. The summed E-state index contributed by atoms with van der Waals surface area (Å²) in [7, 11) is 0. The molecule has 0 radical (unpaired) electrons. The molecule has 0 rings (SSSR count). The minimum absolute atomic E-state index is 1.42. The molecule has 2 nitrogen and oxygen atoms in total. The number of allylic oxidation sites excluding steroid dienone is 1. The Morgan fingerprint density at radius 3 is 2.40 bits per heavy atom. The molecular formula is C3H6N2. The molecule has 0 bridgehead atoms. The van der Waals surface area contributed by atoms with Crippen molar-refractivity contribution in [3.8, 4) is 0 Å². The van der Waals surface area contributed by atoms with Gasteiger partial charge in [0, 0.05) is 6.21 Å². The fourth-order valence-corrected chi connectivity index (χ4v) is 0.0609. The maximum atomic E-state index is 4.64. The zero-order chi connectivity index (χ0) is 4.12. The summed E-state index contributed by atoms with van der Waals surface area (Å²) >= 11 is 0. The summed E-state index contributed by atoms with van der Waals surface area (Å²) in [5.74, 6) is 4.64. The second-order valence-electron chi connectivity index (χ2n) is 0.534. The standard InChI is InChI=1S/C3H6N2/c1-2-3-5-4/h2-3H,1,4H2. The van der Waals surface area contributed by atoms with Gasteiger partial charge in [-0.05, 0) is 6.08 Å². The van der Waals surface area contributed by atoms with E-state index in [1.54, 1.807) is 0 Å². The lowest BCUT2D eigenvalue weighted by molar-refractivity contribution is 1.27. The van der Waals surface area contributed by atoms with Gasteiger partial charge < -0.3 is 5.84 Å². The summed E-state index contributed by atoms with van der Waals surface area (Å²) in [6, 6.07) is 0. The van der Waals surface area contributed by atoms with E-state index in [1.165, 1.54) is 12.3 Å². The molecule has 0 heterocycles. The van der Waals surface area contributed by atoms with Crippen molar-refractivity contribution in [3.05, 3.63) is 12.7 Å². The molecular weight excluding hydrogens is 64.0 g/mol. The number of nitrogens with zero attached hydrogens (tertiary/aromatic N) is 1. The fourth-order valence-electron chi connectivity index (χ4n) is 0.0609. The van der Waals surface area contributed by atoms with Crippen LogP contribution in [0.1, 0.15) is 0 Å². The molecule has 0 aliphatic carbocycles. The maximum absolute atomic E-state index is 4.64. The summed E-state index contributed by atoms with van der Waals surface area (Å²) in [6.07, 6.45) is 2.93. The van der Waals surface area contributed by atoms with E-state index in [2.05, 4.69) is 17.5 Å². The van der Waals surface area contributed by atoms with Crippen molar-refractivity contribution < 1.29 is 0 Å². The van der Waals surface area contributed by atoms with Crippen molar-refractivity contribution in [3.63, 3.8) is 0 Å². The van der Waals surface area contributed by atoms with E-state index < -0.39 is 0 Å². The number of hydrogen-bond donors (Lipinski definition) is 1. The average Bonchev–Trinajstić information content (AvgIpc) is 1.41. The van der Waals surface area contributed by atoms with Gasteiger partial charge in [-0.15, -0.1) is 0 Å². The molecule has 0 saturated heterocycles. The first-order valence-corrected chi connectivity index (χ1v) is 1.26. The predicted octanol–water partition coefficient (Wildman–Crippen LogP) is 0.117. The normalized spacial score (nSPS) is 8.80. The van der Waals surface area contributed by atoms with Gasteiger partial charge >= 0.3 is 0 Å². The van der Waals surface area contributed by atoms with Gasteiger partial charge in [0.15, 0.2) is 0 Å². The van der Waals surface area contributed by atoms with Crippen LogP contribution in [0.5, 0.6) is 0 Å². The van der Waals surface area contributed by atoms with Gasteiger partial charge in [0.05, 0.1) is 0 Å². The zero-order valence-electron chi connectivity index (χ0n) is 2.89. The highest BCUT2D eigenvalue weighted by atomic mass is 15.1. The number of nitrogens with two attached hydrogens (primary N) is 1. The van der Waals surface area contributed by atoms with E-state index in [4.69, 9.17) is 0 Å². The number of hydrogen-bond acceptors (Lipinski definition) is 2. The van der Waals surface area contributed by atoms with Crippen molar-refractivity contribution in [2.45, 2.75) is 0 Å². The molecule has 0 aliphatic rings. The van der Waals surface area contributed by atoms with Crippen LogP contribution in [0.15, 0.2) is 17.8 Å². The monoisotopic (exact) mass is 70.1 g/mol. The number of rotatable bonds is 1. The Balaban J connectivity index is 2.92. The zero-order valence-corrected chi connectivity index (χ0v) is 2.89. The van der Waals surface area contributed by atoms with E-state index in [0.717, 1.165) is 0 Å². The highest BCUT2D eigenvalue weighted by molar-refractivity contribution is 5.69. The Kier molecular flexibility index (Phi) is 2.70. The lowest BCUT2D eigenvalue weighted by Crippen LogP contribution is -1.75. The van der Waals surface area contributed by atoms with Gasteiger partial charge in [-0.3, -0.25) is 0 Å². The molecule has 0 saturated carbocycles.